The quantitative estimate of drug-likeness (QED) is 0.380. The molecule has 0 bridgehead atoms. The number of aryl methyl sites for hydroxylation is 3. The van der Waals surface area contributed by atoms with E-state index in [1.807, 2.05) is 6.92 Å². The molecule has 0 unspecified atom stereocenters. The maximum atomic E-state index is 13.6. The SMILES string of the molecule is CCn1cc(Br)c(C(=O)Nc2c(C(N)=O)sc3nc(C(F)F)cc(-c4cn(C)nc4C)c23)n1. The van der Waals surface area contributed by atoms with Crippen molar-refractivity contribution >= 4 is 55.0 Å². The number of rotatable bonds is 6. The lowest BCUT2D eigenvalue weighted by molar-refractivity contribution is 0.100. The Morgan fingerprint density at radius 3 is 2.55 bits per heavy atom. The number of carbonyl (C=O) groups excluding carboxylic acids is 2. The van der Waals surface area contributed by atoms with Gasteiger partial charge < -0.3 is 11.1 Å². The summed E-state index contributed by atoms with van der Waals surface area (Å²) in [4.78, 5) is 29.4. The lowest BCUT2D eigenvalue weighted by atomic mass is 10.0. The molecule has 0 spiro atoms. The molecule has 13 heteroatoms. The first-order valence-corrected chi connectivity index (χ1v) is 11.3. The average Bonchev–Trinajstić information content (AvgIpc) is 3.41. The van der Waals surface area contributed by atoms with Crippen molar-refractivity contribution in [1.82, 2.24) is 24.5 Å². The summed E-state index contributed by atoms with van der Waals surface area (Å²) in [5, 5.41) is 11.5. The molecule has 2 amide bonds. The van der Waals surface area contributed by atoms with Crippen molar-refractivity contribution in [2.24, 2.45) is 12.8 Å². The number of nitrogens with zero attached hydrogens (tertiary/aromatic N) is 5. The van der Waals surface area contributed by atoms with Gasteiger partial charge in [-0.05, 0) is 41.4 Å². The van der Waals surface area contributed by atoms with Gasteiger partial charge in [-0.1, -0.05) is 0 Å². The third-order valence-electron chi connectivity index (χ3n) is 4.93. The minimum absolute atomic E-state index is 0.00823. The van der Waals surface area contributed by atoms with Crippen LogP contribution < -0.4 is 11.1 Å². The van der Waals surface area contributed by atoms with Crippen LogP contribution in [0, 0.1) is 6.92 Å². The Balaban J connectivity index is 1.97. The number of primary amides is 1. The van der Waals surface area contributed by atoms with E-state index in [0.29, 0.717) is 33.2 Å². The summed E-state index contributed by atoms with van der Waals surface area (Å²) < 4.78 is 30.8. The molecular weight excluding hydrogens is 520 g/mol. The maximum absolute atomic E-state index is 13.6. The van der Waals surface area contributed by atoms with E-state index in [0.717, 1.165) is 11.3 Å². The number of fused-ring (bicyclic) bond motifs is 1. The molecular formula is C20H18BrF2N7O2S. The third-order valence-corrected chi connectivity index (χ3v) is 6.61. The Bertz CT molecular complexity index is 1410. The number of alkyl halides is 2. The fourth-order valence-corrected chi connectivity index (χ4v) is 4.99. The van der Waals surface area contributed by atoms with Gasteiger partial charge in [-0.25, -0.2) is 13.8 Å². The number of anilines is 1. The molecule has 3 N–H and O–H groups in total. The van der Waals surface area contributed by atoms with Crippen molar-refractivity contribution in [2.45, 2.75) is 26.8 Å². The van der Waals surface area contributed by atoms with Crippen LogP contribution in [0.1, 0.15) is 44.9 Å². The molecule has 0 aliphatic carbocycles. The first-order chi connectivity index (χ1) is 15.6. The van der Waals surface area contributed by atoms with E-state index in [-0.39, 0.29) is 21.1 Å². The topological polar surface area (TPSA) is 121 Å². The summed E-state index contributed by atoms with van der Waals surface area (Å²) in [6, 6.07) is 1.24. The van der Waals surface area contributed by atoms with E-state index in [2.05, 4.69) is 36.4 Å². The normalized spacial score (nSPS) is 11.5. The Labute approximate surface area is 198 Å². The van der Waals surface area contributed by atoms with Crippen LogP contribution in [-0.4, -0.2) is 36.4 Å². The van der Waals surface area contributed by atoms with Crippen LogP contribution in [0.15, 0.2) is 22.9 Å². The first kappa shape index (κ1) is 23.0. The van der Waals surface area contributed by atoms with Crippen molar-refractivity contribution < 1.29 is 18.4 Å². The molecule has 0 fully saturated rings. The molecule has 4 aromatic rings. The summed E-state index contributed by atoms with van der Waals surface area (Å²) in [6.07, 6.45) is 0.485. The molecule has 33 heavy (non-hydrogen) atoms. The van der Waals surface area contributed by atoms with E-state index in [1.54, 1.807) is 35.7 Å². The molecule has 0 radical (unpaired) electrons. The van der Waals surface area contributed by atoms with Crippen molar-refractivity contribution in [1.29, 1.82) is 0 Å². The zero-order chi connectivity index (χ0) is 24.0. The summed E-state index contributed by atoms with van der Waals surface area (Å²) in [5.41, 5.74) is 6.81. The molecule has 0 aliphatic rings. The van der Waals surface area contributed by atoms with Gasteiger partial charge >= 0.3 is 0 Å². The lowest BCUT2D eigenvalue weighted by Crippen LogP contribution is -2.17. The number of nitrogens with one attached hydrogen (secondary N) is 1. The Hall–Kier alpha value is -3.19. The van der Waals surface area contributed by atoms with Gasteiger partial charge in [0.15, 0.2) is 5.69 Å². The number of halogens is 3. The van der Waals surface area contributed by atoms with Gasteiger partial charge in [-0.15, -0.1) is 11.3 Å². The fraction of sp³-hybridized carbons (Fsp3) is 0.250. The summed E-state index contributed by atoms with van der Waals surface area (Å²) >= 11 is 4.15. The summed E-state index contributed by atoms with van der Waals surface area (Å²) in [6.45, 7) is 4.15. The lowest BCUT2D eigenvalue weighted by Gasteiger charge is -2.10. The van der Waals surface area contributed by atoms with Crippen molar-refractivity contribution in [2.75, 3.05) is 5.32 Å². The van der Waals surface area contributed by atoms with Crippen LogP contribution in [0.4, 0.5) is 14.5 Å². The van der Waals surface area contributed by atoms with Crippen LogP contribution in [0.5, 0.6) is 0 Å². The first-order valence-electron chi connectivity index (χ1n) is 9.71. The average molecular weight is 538 g/mol. The van der Waals surface area contributed by atoms with E-state index >= 15 is 0 Å². The monoisotopic (exact) mass is 537 g/mol. The smallest absolute Gasteiger partial charge is 0.280 e. The molecule has 4 rings (SSSR count). The Morgan fingerprint density at radius 1 is 1.27 bits per heavy atom. The number of hydrogen-bond acceptors (Lipinski definition) is 6. The van der Waals surface area contributed by atoms with Gasteiger partial charge in [0.25, 0.3) is 18.2 Å². The van der Waals surface area contributed by atoms with E-state index in [4.69, 9.17) is 5.73 Å². The van der Waals surface area contributed by atoms with Crippen LogP contribution in [0.25, 0.3) is 21.3 Å². The van der Waals surface area contributed by atoms with Gasteiger partial charge in [0, 0.05) is 36.9 Å². The molecule has 0 aromatic carbocycles. The van der Waals surface area contributed by atoms with Crippen LogP contribution in [-0.2, 0) is 13.6 Å². The third kappa shape index (κ3) is 4.13. The zero-order valence-electron chi connectivity index (χ0n) is 17.7. The van der Waals surface area contributed by atoms with Crippen LogP contribution >= 0.6 is 27.3 Å². The van der Waals surface area contributed by atoms with Crippen molar-refractivity contribution in [3.05, 3.63) is 44.9 Å². The molecule has 0 saturated heterocycles. The highest BCUT2D eigenvalue weighted by atomic mass is 79.9. The highest BCUT2D eigenvalue weighted by Gasteiger charge is 2.27. The van der Waals surface area contributed by atoms with Crippen molar-refractivity contribution in [3.63, 3.8) is 0 Å². The zero-order valence-corrected chi connectivity index (χ0v) is 20.1. The summed E-state index contributed by atoms with van der Waals surface area (Å²) in [7, 11) is 1.70. The van der Waals surface area contributed by atoms with E-state index < -0.39 is 23.9 Å². The molecule has 9 nitrogen and oxygen atoms in total. The molecule has 0 aliphatic heterocycles. The standard InChI is InChI=1S/C20H18BrF2N7O2S/c1-4-30-7-11(21)14(28-30)19(32)26-15-13-9(10-6-29(3)27-8(10)2)5-12(17(22)23)25-20(13)33-16(15)18(24)31/h5-7,17H,4H2,1-3H3,(H2,24,31)(H,26,32). The van der Waals surface area contributed by atoms with Gasteiger partial charge in [-0.2, -0.15) is 10.2 Å². The number of carbonyl (C=O) groups is 2. The second-order valence-electron chi connectivity index (χ2n) is 7.18. The van der Waals surface area contributed by atoms with Crippen LogP contribution in [0.2, 0.25) is 0 Å². The van der Waals surface area contributed by atoms with E-state index in [9.17, 15) is 18.4 Å². The minimum atomic E-state index is -2.84. The molecule has 0 atom stereocenters. The number of pyridine rings is 1. The predicted octanol–water partition coefficient (Wildman–Crippen LogP) is 4.27. The van der Waals surface area contributed by atoms with E-state index in [1.165, 1.54) is 6.07 Å². The highest BCUT2D eigenvalue weighted by molar-refractivity contribution is 9.10. The number of nitrogens with two attached hydrogens (primary N) is 1. The summed E-state index contributed by atoms with van der Waals surface area (Å²) in [5.74, 6) is -1.41. The molecule has 172 valence electrons. The fourth-order valence-electron chi connectivity index (χ4n) is 3.48. The Kier molecular flexibility index (Phi) is 6.01. The van der Waals surface area contributed by atoms with Gasteiger partial charge in [0.2, 0.25) is 0 Å². The number of hydrogen-bond donors (Lipinski definition) is 2. The van der Waals surface area contributed by atoms with Gasteiger partial charge in [-0.3, -0.25) is 19.0 Å². The molecule has 4 aromatic heterocycles. The second kappa shape index (κ2) is 8.63. The number of thiophene rings is 1. The number of amides is 2. The van der Waals surface area contributed by atoms with Crippen LogP contribution in [0.3, 0.4) is 0 Å². The second-order valence-corrected chi connectivity index (χ2v) is 9.04. The Morgan fingerprint density at radius 2 is 2.00 bits per heavy atom. The minimum Gasteiger partial charge on any atom is -0.365 e. The molecule has 0 saturated carbocycles. The highest BCUT2D eigenvalue weighted by Crippen LogP contribution is 2.43. The van der Waals surface area contributed by atoms with Gasteiger partial charge in [0.05, 0.1) is 15.9 Å². The van der Waals surface area contributed by atoms with Crippen molar-refractivity contribution in [3.8, 4) is 11.1 Å². The largest absolute Gasteiger partial charge is 0.365 e. The molecule has 4 heterocycles. The predicted molar refractivity (Wildman–Crippen MR) is 124 cm³/mol. The maximum Gasteiger partial charge on any atom is 0.280 e. The number of aromatic nitrogens is 5. The van der Waals surface area contributed by atoms with Gasteiger partial charge in [0.1, 0.15) is 15.4 Å².